The van der Waals surface area contributed by atoms with Crippen LogP contribution in [0.2, 0.25) is 0 Å². The van der Waals surface area contributed by atoms with Gasteiger partial charge in [0, 0.05) is 44.1 Å². The number of anilines is 2. The Morgan fingerprint density at radius 3 is 2.23 bits per heavy atom. The van der Waals surface area contributed by atoms with Crippen molar-refractivity contribution in [1.29, 1.82) is 0 Å². The lowest BCUT2D eigenvalue weighted by molar-refractivity contribution is 0.346. The molecule has 8 nitrogen and oxygen atoms in total. The molecule has 0 bridgehead atoms. The topological polar surface area (TPSA) is 106 Å². The van der Waals surface area contributed by atoms with Crippen molar-refractivity contribution in [3.05, 3.63) is 48.0 Å². The molecule has 0 amide bonds. The number of nitrogens with zero attached hydrogens (tertiary/aromatic N) is 5. The standard InChI is InChI=1S/C21H27N7O.C2H6/c1-14(2)21(3,18-26-20(29-27-18)28-10-8-23-9-11-28)17-6-4-15(5-7-17)16-12-24-19(22)25-13-16;1-2/h4-7,12-14,23H,8-11H2,1-3H3,(H2,22,24,25);1-2H3. The molecular formula is C23H33N7O. The highest BCUT2D eigenvalue weighted by atomic mass is 16.5. The van der Waals surface area contributed by atoms with Crippen LogP contribution in [0.4, 0.5) is 12.0 Å². The van der Waals surface area contributed by atoms with Crippen molar-refractivity contribution in [2.24, 2.45) is 5.92 Å². The second kappa shape index (κ2) is 9.87. The molecule has 1 aromatic carbocycles. The monoisotopic (exact) mass is 423 g/mol. The van der Waals surface area contributed by atoms with Crippen molar-refractivity contribution >= 4 is 12.0 Å². The van der Waals surface area contributed by atoms with Crippen LogP contribution < -0.4 is 16.0 Å². The highest BCUT2D eigenvalue weighted by Gasteiger charge is 2.38. The summed E-state index contributed by atoms with van der Waals surface area (Å²) in [6.45, 7) is 14.1. The fraction of sp³-hybridized carbons (Fsp3) is 0.478. The van der Waals surface area contributed by atoms with Gasteiger partial charge >= 0.3 is 6.01 Å². The van der Waals surface area contributed by atoms with Crippen molar-refractivity contribution in [3.8, 4) is 11.1 Å². The van der Waals surface area contributed by atoms with Crippen molar-refractivity contribution in [1.82, 2.24) is 25.4 Å². The van der Waals surface area contributed by atoms with E-state index in [-0.39, 0.29) is 17.3 Å². The van der Waals surface area contributed by atoms with E-state index in [0.717, 1.165) is 42.9 Å². The molecule has 2 aromatic heterocycles. The van der Waals surface area contributed by atoms with E-state index in [1.54, 1.807) is 12.4 Å². The fourth-order valence-corrected chi connectivity index (χ4v) is 3.63. The minimum atomic E-state index is -0.369. The second-order valence-corrected chi connectivity index (χ2v) is 7.90. The van der Waals surface area contributed by atoms with Crippen LogP contribution in [0.25, 0.3) is 11.1 Å². The number of piperazine rings is 1. The Morgan fingerprint density at radius 2 is 1.65 bits per heavy atom. The van der Waals surface area contributed by atoms with Gasteiger partial charge in [-0.05, 0) is 24.0 Å². The van der Waals surface area contributed by atoms with Gasteiger partial charge in [-0.1, -0.05) is 57.1 Å². The lowest BCUT2D eigenvalue weighted by Gasteiger charge is -2.31. The van der Waals surface area contributed by atoms with Crippen LogP contribution in [-0.2, 0) is 5.41 Å². The molecule has 0 spiro atoms. The van der Waals surface area contributed by atoms with Gasteiger partial charge in [-0.3, -0.25) is 0 Å². The zero-order valence-electron chi connectivity index (χ0n) is 19.1. The Labute approximate surface area is 184 Å². The van der Waals surface area contributed by atoms with Crippen molar-refractivity contribution < 1.29 is 4.52 Å². The third-order valence-electron chi connectivity index (χ3n) is 5.91. The van der Waals surface area contributed by atoms with Crippen molar-refractivity contribution in [3.63, 3.8) is 0 Å². The summed E-state index contributed by atoms with van der Waals surface area (Å²) in [5.74, 6) is 1.27. The predicted molar refractivity (Wildman–Crippen MR) is 124 cm³/mol. The predicted octanol–water partition coefficient (Wildman–Crippen LogP) is 3.51. The van der Waals surface area contributed by atoms with Gasteiger partial charge in [0.2, 0.25) is 5.95 Å². The maximum Gasteiger partial charge on any atom is 0.324 e. The molecule has 1 aliphatic heterocycles. The van der Waals surface area contributed by atoms with Gasteiger partial charge in [0.05, 0.1) is 5.41 Å². The first kappa shape index (κ1) is 22.7. The average molecular weight is 424 g/mol. The lowest BCUT2D eigenvalue weighted by atomic mass is 9.72. The highest BCUT2D eigenvalue weighted by Crippen LogP contribution is 2.38. The molecule has 0 radical (unpaired) electrons. The number of rotatable bonds is 5. The Bertz CT molecular complexity index is 947. The first-order chi connectivity index (χ1) is 15.0. The summed E-state index contributed by atoms with van der Waals surface area (Å²) in [6, 6.07) is 8.98. The molecule has 1 aliphatic rings. The third kappa shape index (κ3) is 4.69. The molecule has 1 saturated heterocycles. The summed E-state index contributed by atoms with van der Waals surface area (Å²) in [7, 11) is 0. The molecular weight excluding hydrogens is 390 g/mol. The van der Waals surface area contributed by atoms with Gasteiger partial charge in [0.15, 0.2) is 5.82 Å². The minimum Gasteiger partial charge on any atom is -0.368 e. The zero-order chi connectivity index (χ0) is 22.4. The van der Waals surface area contributed by atoms with Crippen LogP contribution in [0, 0.1) is 5.92 Å². The quantitative estimate of drug-likeness (QED) is 0.642. The van der Waals surface area contributed by atoms with E-state index >= 15 is 0 Å². The average Bonchev–Trinajstić information content (AvgIpc) is 3.32. The molecule has 8 heteroatoms. The number of hydrogen-bond acceptors (Lipinski definition) is 8. The molecule has 0 saturated carbocycles. The summed E-state index contributed by atoms with van der Waals surface area (Å²) in [5.41, 5.74) is 8.32. The number of nitrogens with two attached hydrogens (primary N) is 1. The lowest BCUT2D eigenvalue weighted by Crippen LogP contribution is -2.43. The SMILES string of the molecule is CC.CC(C)C(C)(c1ccc(-c2cnc(N)nc2)cc1)c1noc(N2CCNCC2)n1. The molecule has 3 N–H and O–H groups in total. The van der Waals surface area contributed by atoms with Gasteiger partial charge in [0.1, 0.15) is 0 Å². The molecule has 3 aromatic rings. The van der Waals surface area contributed by atoms with Crippen LogP contribution in [-0.4, -0.2) is 46.3 Å². The summed E-state index contributed by atoms with van der Waals surface area (Å²) < 4.78 is 5.63. The first-order valence-corrected chi connectivity index (χ1v) is 11.0. The van der Waals surface area contributed by atoms with Gasteiger partial charge in [-0.2, -0.15) is 4.98 Å². The Balaban J connectivity index is 0.00000132. The highest BCUT2D eigenvalue weighted by molar-refractivity contribution is 5.62. The summed E-state index contributed by atoms with van der Waals surface area (Å²) in [6.07, 6.45) is 3.47. The molecule has 166 valence electrons. The van der Waals surface area contributed by atoms with E-state index in [1.807, 2.05) is 13.8 Å². The van der Waals surface area contributed by atoms with Crippen LogP contribution in [0.3, 0.4) is 0 Å². The Kier molecular flexibility index (Phi) is 7.22. The molecule has 1 fully saturated rings. The van der Waals surface area contributed by atoms with E-state index in [1.165, 1.54) is 0 Å². The van der Waals surface area contributed by atoms with Gasteiger partial charge in [0.25, 0.3) is 0 Å². The van der Waals surface area contributed by atoms with Gasteiger partial charge in [-0.15, -0.1) is 0 Å². The summed E-state index contributed by atoms with van der Waals surface area (Å²) in [5, 5.41) is 7.71. The van der Waals surface area contributed by atoms with Gasteiger partial charge < -0.3 is 20.5 Å². The smallest absolute Gasteiger partial charge is 0.324 e. The molecule has 3 heterocycles. The van der Waals surface area contributed by atoms with Crippen molar-refractivity contribution in [2.75, 3.05) is 36.8 Å². The number of benzene rings is 1. The Hall–Kier alpha value is -3.00. The number of nitrogen functional groups attached to an aromatic ring is 1. The third-order valence-corrected chi connectivity index (χ3v) is 5.91. The zero-order valence-corrected chi connectivity index (χ0v) is 19.1. The van der Waals surface area contributed by atoms with Crippen LogP contribution in [0.5, 0.6) is 0 Å². The molecule has 4 rings (SSSR count). The molecule has 0 aliphatic carbocycles. The largest absolute Gasteiger partial charge is 0.368 e. The number of aromatic nitrogens is 4. The van der Waals surface area contributed by atoms with Crippen LogP contribution in [0.1, 0.15) is 46.0 Å². The van der Waals surface area contributed by atoms with Crippen LogP contribution >= 0.6 is 0 Å². The molecule has 31 heavy (non-hydrogen) atoms. The van der Waals surface area contributed by atoms with E-state index in [0.29, 0.717) is 11.8 Å². The van der Waals surface area contributed by atoms with Gasteiger partial charge in [-0.25, -0.2) is 9.97 Å². The number of nitrogens with one attached hydrogen (secondary N) is 1. The minimum absolute atomic E-state index is 0.273. The number of hydrogen-bond donors (Lipinski definition) is 2. The van der Waals surface area contributed by atoms with E-state index < -0.39 is 0 Å². The maximum atomic E-state index is 5.63. The Morgan fingerprint density at radius 1 is 1.03 bits per heavy atom. The normalized spacial score (nSPS) is 15.9. The molecule has 1 atom stereocenters. The fourth-order valence-electron chi connectivity index (χ4n) is 3.63. The summed E-state index contributed by atoms with van der Waals surface area (Å²) >= 11 is 0. The van der Waals surface area contributed by atoms with Crippen LogP contribution in [0.15, 0.2) is 41.2 Å². The first-order valence-electron chi connectivity index (χ1n) is 11.0. The van der Waals surface area contributed by atoms with E-state index in [4.69, 9.17) is 15.2 Å². The van der Waals surface area contributed by atoms with Crippen molar-refractivity contribution in [2.45, 2.75) is 40.0 Å². The van der Waals surface area contributed by atoms with E-state index in [2.05, 4.69) is 70.4 Å². The maximum absolute atomic E-state index is 5.63. The molecule has 1 unspecified atom stereocenters. The second-order valence-electron chi connectivity index (χ2n) is 7.90. The summed E-state index contributed by atoms with van der Waals surface area (Å²) in [4.78, 5) is 15.1. The van der Waals surface area contributed by atoms with E-state index in [9.17, 15) is 0 Å².